The molecule has 0 radical (unpaired) electrons. The topological polar surface area (TPSA) is 37.3 Å². The number of allylic oxidation sites excluding steroid dienone is 1. The zero-order chi connectivity index (χ0) is 9.84. The Labute approximate surface area is 77.5 Å². The van der Waals surface area contributed by atoms with Gasteiger partial charge in [-0.2, -0.15) is 0 Å². The summed E-state index contributed by atoms with van der Waals surface area (Å²) in [6, 6.07) is 7.41. The van der Waals surface area contributed by atoms with Crippen molar-refractivity contribution in [1.82, 2.24) is 0 Å². The van der Waals surface area contributed by atoms with E-state index >= 15 is 0 Å². The first-order valence-corrected chi connectivity index (χ1v) is 4.06. The Hall–Kier alpha value is -1.57. The second kappa shape index (κ2) is 3.90. The van der Waals surface area contributed by atoms with Crippen LogP contribution in [0.3, 0.4) is 0 Å². The Morgan fingerprint density at radius 3 is 2.31 bits per heavy atom. The zero-order valence-electron chi connectivity index (χ0n) is 7.58. The molecule has 2 heteroatoms. The minimum atomic E-state index is -0.803. The van der Waals surface area contributed by atoms with Crippen molar-refractivity contribution < 1.29 is 9.90 Å². The number of aliphatic carboxylic acids is 1. The molecule has 1 N–H and O–H groups in total. The molecular formula is C11H12O2. The molecule has 2 nitrogen and oxygen atoms in total. The van der Waals surface area contributed by atoms with Crippen molar-refractivity contribution in [3.8, 4) is 0 Å². The summed E-state index contributed by atoms with van der Waals surface area (Å²) in [5.41, 5.74) is 2.86. The normalized spacial score (nSPS) is 9.62. The van der Waals surface area contributed by atoms with Gasteiger partial charge in [0.2, 0.25) is 0 Å². The molecule has 0 bridgehead atoms. The number of rotatable bonds is 3. The highest BCUT2D eigenvalue weighted by atomic mass is 16.4. The van der Waals surface area contributed by atoms with E-state index in [0.717, 1.165) is 16.7 Å². The van der Waals surface area contributed by atoms with Gasteiger partial charge in [0.15, 0.2) is 0 Å². The fraction of sp³-hybridized carbons (Fsp3) is 0.182. The number of hydrogen-bond acceptors (Lipinski definition) is 1. The van der Waals surface area contributed by atoms with E-state index in [1.807, 2.05) is 31.2 Å². The van der Waals surface area contributed by atoms with Crippen LogP contribution in [0, 0.1) is 0 Å². The Balaban J connectivity index is 2.81. The van der Waals surface area contributed by atoms with Crippen LogP contribution in [-0.2, 0) is 11.2 Å². The van der Waals surface area contributed by atoms with Crippen LogP contribution in [0.25, 0.3) is 5.57 Å². The molecule has 0 aromatic heterocycles. The highest BCUT2D eigenvalue weighted by Crippen LogP contribution is 2.12. The average molecular weight is 176 g/mol. The summed E-state index contributed by atoms with van der Waals surface area (Å²) in [6.07, 6.45) is 0.0798. The van der Waals surface area contributed by atoms with Gasteiger partial charge in [0.1, 0.15) is 0 Å². The van der Waals surface area contributed by atoms with Gasteiger partial charge in [-0.15, -0.1) is 0 Å². The van der Waals surface area contributed by atoms with Crippen LogP contribution in [0.4, 0.5) is 0 Å². The van der Waals surface area contributed by atoms with E-state index in [1.165, 1.54) is 0 Å². The van der Waals surface area contributed by atoms with Crippen LogP contribution in [0.15, 0.2) is 30.8 Å². The summed E-state index contributed by atoms with van der Waals surface area (Å²) in [4.78, 5) is 10.4. The van der Waals surface area contributed by atoms with Gasteiger partial charge in [-0.05, 0) is 18.1 Å². The molecule has 0 fully saturated rings. The second-order valence-corrected chi connectivity index (χ2v) is 3.05. The maximum absolute atomic E-state index is 10.4. The van der Waals surface area contributed by atoms with Gasteiger partial charge < -0.3 is 5.11 Å². The predicted octanol–water partition coefficient (Wildman–Crippen LogP) is 2.35. The second-order valence-electron chi connectivity index (χ2n) is 3.05. The van der Waals surface area contributed by atoms with Crippen molar-refractivity contribution in [2.75, 3.05) is 0 Å². The van der Waals surface area contributed by atoms with Crippen molar-refractivity contribution >= 4 is 11.5 Å². The quantitative estimate of drug-likeness (QED) is 0.767. The van der Waals surface area contributed by atoms with E-state index in [4.69, 9.17) is 5.11 Å². The van der Waals surface area contributed by atoms with Gasteiger partial charge in [0.05, 0.1) is 6.42 Å². The lowest BCUT2D eigenvalue weighted by Crippen LogP contribution is -1.99. The molecular weight excluding hydrogens is 164 g/mol. The van der Waals surface area contributed by atoms with Crippen molar-refractivity contribution in [3.63, 3.8) is 0 Å². The highest BCUT2D eigenvalue weighted by molar-refractivity contribution is 5.70. The first kappa shape index (κ1) is 9.52. The lowest BCUT2D eigenvalue weighted by molar-refractivity contribution is -0.136. The Bertz CT molecular complexity index is 322. The van der Waals surface area contributed by atoms with Crippen LogP contribution in [-0.4, -0.2) is 11.1 Å². The largest absolute Gasteiger partial charge is 0.481 e. The Morgan fingerprint density at radius 2 is 1.92 bits per heavy atom. The smallest absolute Gasteiger partial charge is 0.307 e. The summed E-state index contributed by atoms with van der Waals surface area (Å²) in [5.74, 6) is -0.803. The van der Waals surface area contributed by atoms with Crippen LogP contribution in [0.2, 0.25) is 0 Å². The minimum Gasteiger partial charge on any atom is -0.481 e. The lowest BCUT2D eigenvalue weighted by Gasteiger charge is -2.00. The molecule has 13 heavy (non-hydrogen) atoms. The molecule has 0 aliphatic heterocycles. The molecule has 0 spiro atoms. The van der Waals surface area contributed by atoms with Gasteiger partial charge in [-0.25, -0.2) is 0 Å². The molecule has 68 valence electrons. The molecule has 0 aliphatic carbocycles. The first-order chi connectivity index (χ1) is 6.09. The van der Waals surface area contributed by atoms with E-state index in [0.29, 0.717) is 0 Å². The average Bonchev–Trinajstić information content (AvgIpc) is 2.04. The van der Waals surface area contributed by atoms with Crippen LogP contribution in [0.5, 0.6) is 0 Å². The third-order valence-electron chi connectivity index (χ3n) is 1.80. The number of benzene rings is 1. The van der Waals surface area contributed by atoms with Gasteiger partial charge in [0, 0.05) is 0 Å². The number of hydrogen-bond donors (Lipinski definition) is 1. The van der Waals surface area contributed by atoms with Gasteiger partial charge >= 0.3 is 5.97 Å². The van der Waals surface area contributed by atoms with Crippen molar-refractivity contribution in [2.24, 2.45) is 0 Å². The van der Waals surface area contributed by atoms with E-state index in [-0.39, 0.29) is 6.42 Å². The monoisotopic (exact) mass is 176 g/mol. The maximum Gasteiger partial charge on any atom is 0.307 e. The maximum atomic E-state index is 10.4. The SMILES string of the molecule is C=C(C)c1ccc(CC(=O)O)cc1. The zero-order valence-corrected chi connectivity index (χ0v) is 7.58. The molecule has 1 aromatic carbocycles. The number of carbonyl (C=O) groups is 1. The van der Waals surface area contributed by atoms with Crippen molar-refractivity contribution in [3.05, 3.63) is 42.0 Å². The molecule has 0 saturated carbocycles. The molecule has 1 aromatic rings. The van der Waals surface area contributed by atoms with Crippen LogP contribution in [0.1, 0.15) is 18.1 Å². The third-order valence-corrected chi connectivity index (χ3v) is 1.80. The first-order valence-electron chi connectivity index (χ1n) is 4.06. The predicted molar refractivity (Wildman–Crippen MR) is 52.5 cm³/mol. The lowest BCUT2D eigenvalue weighted by atomic mass is 10.1. The van der Waals surface area contributed by atoms with E-state index in [2.05, 4.69) is 6.58 Å². The van der Waals surface area contributed by atoms with Gasteiger partial charge in [-0.1, -0.05) is 36.4 Å². The summed E-state index contributed by atoms with van der Waals surface area (Å²) in [7, 11) is 0. The summed E-state index contributed by atoms with van der Waals surface area (Å²) >= 11 is 0. The van der Waals surface area contributed by atoms with E-state index in [9.17, 15) is 4.79 Å². The molecule has 0 heterocycles. The Kier molecular flexibility index (Phi) is 2.85. The molecule has 0 aliphatic rings. The summed E-state index contributed by atoms with van der Waals surface area (Å²) in [6.45, 7) is 5.72. The van der Waals surface area contributed by atoms with Crippen molar-refractivity contribution in [2.45, 2.75) is 13.3 Å². The van der Waals surface area contributed by atoms with Crippen LogP contribution >= 0.6 is 0 Å². The molecule has 1 rings (SSSR count). The van der Waals surface area contributed by atoms with E-state index < -0.39 is 5.97 Å². The summed E-state index contributed by atoms with van der Waals surface area (Å²) in [5, 5.41) is 8.53. The highest BCUT2D eigenvalue weighted by Gasteiger charge is 1.99. The number of carboxylic acids is 1. The van der Waals surface area contributed by atoms with Gasteiger partial charge in [0.25, 0.3) is 0 Å². The standard InChI is InChI=1S/C11H12O2/c1-8(2)10-5-3-9(4-6-10)7-11(12)13/h3-6H,1,7H2,2H3,(H,12,13). The molecule has 0 atom stereocenters. The molecule has 0 amide bonds. The fourth-order valence-electron chi connectivity index (χ4n) is 1.08. The van der Waals surface area contributed by atoms with Crippen LogP contribution < -0.4 is 0 Å². The third kappa shape index (κ3) is 2.75. The van der Waals surface area contributed by atoms with Gasteiger partial charge in [-0.3, -0.25) is 4.79 Å². The fourth-order valence-corrected chi connectivity index (χ4v) is 1.08. The summed E-state index contributed by atoms with van der Waals surface area (Å²) < 4.78 is 0. The molecule has 0 unspecified atom stereocenters. The molecule has 0 saturated heterocycles. The van der Waals surface area contributed by atoms with E-state index in [1.54, 1.807) is 0 Å². The van der Waals surface area contributed by atoms with Crippen molar-refractivity contribution in [1.29, 1.82) is 0 Å². The number of carboxylic acid groups (broad SMARTS) is 1. The minimum absolute atomic E-state index is 0.0798. The Morgan fingerprint density at radius 1 is 1.38 bits per heavy atom.